The fourth-order valence-electron chi connectivity index (χ4n) is 2.28. The normalized spacial score (nSPS) is 22.3. The van der Waals surface area contributed by atoms with E-state index in [0.717, 1.165) is 25.2 Å². The van der Waals surface area contributed by atoms with Crippen LogP contribution in [0.4, 0.5) is 0 Å². The summed E-state index contributed by atoms with van der Waals surface area (Å²) in [6.07, 6.45) is 3.01. The first-order chi connectivity index (χ1) is 9.11. The average Bonchev–Trinajstić information content (AvgIpc) is 2.86. The topological polar surface area (TPSA) is 70.4 Å². The van der Waals surface area contributed by atoms with E-state index in [-0.39, 0.29) is 0 Å². The molecule has 106 valence electrons. The molecule has 0 saturated carbocycles. The SMILES string of the molecule is CCC(C)n1ccc(CN2CCNCC2C(=O)O)n1. The fourth-order valence-corrected chi connectivity index (χ4v) is 2.28. The van der Waals surface area contributed by atoms with E-state index in [4.69, 9.17) is 0 Å². The highest BCUT2D eigenvalue weighted by Crippen LogP contribution is 2.13. The highest BCUT2D eigenvalue weighted by atomic mass is 16.4. The van der Waals surface area contributed by atoms with Gasteiger partial charge in [-0.1, -0.05) is 6.92 Å². The Bertz CT molecular complexity index is 432. The predicted molar refractivity (Wildman–Crippen MR) is 71.9 cm³/mol. The van der Waals surface area contributed by atoms with Crippen molar-refractivity contribution in [3.8, 4) is 0 Å². The number of aliphatic carboxylic acids is 1. The van der Waals surface area contributed by atoms with Crippen molar-refractivity contribution in [3.05, 3.63) is 18.0 Å². The van der Waals surface area contributed by atoms with Crippen LogP contribution < -0.4 is 5.32 Å². The third kappa shape index (κ3) is 3.33. The Balaban J connectivity index is 2.02. The minimum atomic E-state index is -0.770. The van der Waals surface area contributed by atoms with Gasteiger partial charge in [0, 0.05) is 38.4 Å². The molecule has 2 N–H and O–H groups in total. The van der Waals surface area contributed by atoms with Gasteiger partial charge in [-0.25, -0.2) is 0 Å². The van der Waals surface area contributed by atoms with Crippen LogP contribution in [0.5, 0.6) is 0 Å². The molecule has 1 fully saturated rings. The van der Waals surface area contributed by atoms with Gasteiger partial charge in [-0.3, -0.25) is 14.4 Å². The maximum absolute atomic E-state index is 11.2. The number of carboxylic acids is 1. The Morgan fingerprint density at radius 3 is 3.16 bits per heavy atom. The van der Waals surface area contributed by atoms with Crippen LogP contribution in [-0.4, -0.2) is 51.4 Å². The molecule has 2 atom stereocenters. The molecular formula is C13H22N4O2. The van der Waals surface area contributed by atoms with Crippen LogP contribution in [0.15, 0.2) is 12.3 Å². The highest BCUT2D eigenvalue weighted by Gasteiger charge is 2.28. The number of nitrogens with one attached hydrogen (secondary N) is 1. The monoisotopic (exact) mass is 266 g/mol. The third-order valence-electron chi connectivity index (χ3n) is 3.71. The highest BCUT2D eigenvalue weighted by molar-refractivity contribution is 5.73. The Morgan fingerprint density at radius 2 is 2.47 bits per heavy atom. The molecule has 0 aromatic carbocycles. The van der Waals surface area contributed by atoms with E-state index < -0.39 is 12.0 Å². The summed E-state index contributed by atoms with van der Waals surface area (Å²) < 4.78 is 1.95. The number of nitrogens with zero attached hydrogens (tertiary/aromatic N) is 3. The molecule has 0 spiro atoms. The summed E-state index contributed by atoms with van der Waals surface area (Å²) in [5, 5.41) is 16.9. The second-order valence-corrected chi connectivity index (χ2v) is 5.07. The smallest absolute Gasteiger partial charge is 0.322 e. The van der Waals surface area contributed by atoms with Gasteiger partial charge in [0.15, 0.2) is 0 Å². The lowest BCUT2D eigenvalue weighted by atomic mass is 10.2. The lowest BCUT2D eigenvalue weighted by Crippen LogP contribution is -2.54. The molecule has 0 radical (unpaired) electrons. The molecule has 6 heteroatoms. The van der Waals surface area contributed by atoms with E-state index in [9.17, 15) is 9.90 Å². The van der Waals surface area contributed by atoms with Gasteiger partial charge in [0.25, 0.3) is 0 Å². The number of carbonyl (C=O) groups is 1. The lowest BCUT2D eigenvalue weighted by molar-refractivity contribution is -0.144. The first-order valence-corrected chi connectivity index (χ1v) is 6.83. The fraction of sp³-hybridized carbons (Fsp3) is 0.692. The van der Waals surface area contributed by atoms with Crippen LogP contribution in [0.2, 0.25) is 0 Å². The summed E-state index contributed by atoms with van der Waals surface area (Å²) in [6, 6.07) is 1.90. The minimum absolute atomic E-state index is 0.382. The first-order valence-electron chi connectivity index (χ1n) is 6.83. The van der Waals surface area contributed by atoms with Crippen molar-refractivity contribution in [3.63, 3.8) is 0 Å². The predicted octanol–water partition coefficient (Wildman–Crippen LogP) is 0.712. The van der Waals surface area contributed by atoms with Crippen molar-refractivity contribution in [1.29, 1.82) is 0 Å². The number of rotatable bonds is 5. The van der Waals surface area contributed by atoms with Gasteiger partial charge in [-0.15, -0.1) is 0 Å². The summed E-state index contributed by atoms with van der Waals surface area (Å²) in [5.74, 6) is -0.770. The summed E-state index contributed by atoms with van der Waals surface area (Å²) in [7, 11) is 0. The number of aromatic nitrogens is 2. The first kappa shape index (κ1) is 14.0. The quantitative estimate of drug-likeness (QED) is 0.821. The van der Waals surface area contributed by atoms with E-state index in [0.29, 0.717) is 19.1 Å². The minimum Gasteiger partial charge on any atom is -0.480 e. The van der Waals surface area contributed by atoms with E-state index in [2.05, 4.69) is 24.3 Å². The molecule has 1 aliphatic heterocycles. The average molecular weight is 266 g/mol. The molecule has 6 nitrogen and oxygen atoms in total. The molecule has 2 heterocycles. The maximum atomic E-state index is 11.2. The Hall–Kier alpha value is -1.40. The van der Waals surface area contributed by atoms with Gasteiger partial charge >= 0.3 is 5.97 Å². The van der Waals surface area contributed by atoms with Gasteiger partial charge in [0.05, 0.1) is 5.69 Å². The molecule has 2 rings (SSSR count). The van der Waals surface area contributed by atoms with Gasteiger partial charge < -0.3 is 10.4 Å². The molecule has 2 unspecified atom stereocenters. The Labute approximate surface area is 113 Å². The zero-order valence-electron chi connectivity index (χ0n) is 11.5. The second-order valence-electron chi connectivity index (χ2n) is 5.07. The largest absolute Gasteiger partial charge is 0.480 e. The van der Waals surface area contributed by atoms with E-state index in [1.165, 1.54) is 0 Å². The van der Waals surface area contributed by atoms with Crippen molar-refractivity contribution >= 4 is 5.97 Å². The van der Waals surface area contributed by atoms with Gasteiger partial charge in [0.1, 0.15) is 6.04 Å². The van der Waals surface area contributed by atoms with Crippen molar-refractivity contribution in [1.82, 2.24) is 20.0 Å². The second kappa shape index (κ2) is 6.16. The maximum Gasteiger partial charge on any atom is 0.322 e. The molecule has 1 saturated heterocycles. The van der Waals surface area contributed by atoms with Crippen LogP contribution >= 0.6 is 0 Å². The van der Waals surface area contributed by atoms with Crippen molar-refractivity contribution in [2.45, 2.75) is 38.9 Å². The van der Waals surface area contributed by atoms with Crippen LogP contribution in [0.25, 0.3) is 0 Å². The molecule has 1 aromatic rings. The summed E-state index contributed by atoms with van der Waals surface area (Å²) in [5.41, 5.74) is 0.938. The third-order valence-corrected chi connectivity index (χ3v) is 3.71. The van der Waals surface area contributed by atoms with E-state index in [1.807, 2.05) is 21.8 Å². The van der Waals surface area contributed by atoms with E-state index in [1.54, 1.807) is 0 Å². The molecule has 1 aliphatic rings. The Kier molecular flexibility index (Phi) is 4.55. The van der Waals surface area contributed by atoms with Crippen LogP contribution in [-0.2, 0) is 11.3 Å². The van der Waals surface area contributed by atoms with Crippen LogP contribution in [0.3, 0.4) is 0 Å². The van der Waals surface area contributed by atoms with Gasteiger partial charge in [0.2, 0.25) is 0 Å². The molecule has 0 aliphatic carbocycles. The molecular weight excluding hydrogens is 244 g/mol. The number of carboxylic acid groups (broad SMARTS) is 1. The molecule has 1 aromatic heterocycles. The Morgan fingerprint density at radius 1 is 1.68 bits per heavy atom. The molecule has 0 bridgehead atoms. The van der Waals surface area contributed by atoms with Crippen molar-refractivity contribution < 1.29 is 9.90 Å². The number of piperazine rings is 1. The summed E-state index contributed by atoms with van der Waals surface area (Å²) in [4.78, 5) is 13.2. The van der Waals surface area contributed by atoms with E-state index >= 15 is 0 Å². The molecule has 19 heavy (non-hydrogen) atoms. The lowest BCUT2D eigenvalue weighted by Gasteiger charge is -2.32. The zero-order chi connectivity index (χ0) is 13.8. The zero-order valence-corrected chi connectivity index (χ0v) is 11.5. The number of hydrogen-bond acceptors (Lipinski definition) is 4. The summed E-state index contributed by atoms with van der Waals surface area (Å²) in [6.45, 7) is 6.93. The number of hydrogen-bond donors (Lipinski definition) is 2. The van der Waals surface area contributed by atoms with Gasteiger partial charge in [-0.05, 0) is 19.4 Å². The van der Waals surface area contributed by atoms with Crippen molar-refractivity contribution in [2.75, 3.05) is 19.6 Å². The van der Waals surface area contributed by atoms with Crippen LogP contribution in [0.1, 0.15) is 32.0 Å². The van der Waals surface area contributed by atoms with Gasteiger partial charge in [-0.2, -0.15) is 5.10 Å². The van der Waals surface area contributed by atoms with Crippen molar-refractivity contribution in [2.24, 2.45) is 0 Å². The standard InChI is InChI=1S/C13H22N4O2/c1-3-10(2)17-6-4-11(15-17)9-16-7-5-14-8-12(16)13(18)19/h4,6,10,12,14H,3,5,7-9H2,1-2H3,(H,18,19). The summed E-state index contributed by atoms with van der Waals surface area (Å²) >= 11 is 0. The molecule has 0 amide bonds. The van der Waals surface area contributed by atoms with Crippen LogP contribution in [0, 0.1) is 0 Å².